The summed E-state index contributed by atoms with van der Waals surface area (Å²) in [7, 11) is 4.11. The Morgan fingerprint density at radius 1 is 1.21 bits per heavy atom. The number of nitrogens with one attached hydrogen (secondary N) is 2. The van der Waals surface area contributed by atoms with E-state index in [4.69, 9.17) is 14.1 Å². The zero-order chi connectivity index (χ0) is 19.5. The van der Waals surface area contributed by atoms with Gasteiger partial charge in [0.05, 0.1) is 12.8 Å². The lowest BCUT2D eigenvalue weighted by Gasteiger charge is -2.15. The van der Waals surface area contributed by atoms with E-state index in [0.717, 1.165) is 31.2 Å². The minimum atomic E-state index is 0. The second-order valence-corrected chi connectivity index (χ2v) is 6.61. The van der Waals surface area contributed by atoms with Gasteiger partial charge >= 0.3 is 0 Å². The Balaban J connectivity index is 0.00000392. The maximum absolute atomic E-state index is 5.60. The van der Waals surface area contributed by atoms with Crippen LogP contribution in [-0.2, 0) is 17.9 Å². The molecular weight excluding hydrogens is 467 g/mol. The number of furan rings is 1. The molecule has 28 heavy (non-hydrogen) atoms. The first-order chi connectivity index (χ1) is 13.1. The van der Waals surface area contributed by atoms with Crippen molar-refractivity contribution in [3.63, 3.8) is 0 Å². The van der Waals surface area contributed by atoms with E-state index in [1.54, 1.807) is 6.26 Å². The minimum Gasteiger partial charge on any atom is -0.467 e. The normalized spacial score (nSPS) is 11.1. The summed E-state index contributed by atoms with van der Waals surface area (Å²) in [5.74, 6) is 1.69. The minimum absolute atomic E-state index is 0. The lowest BCUT2D eigenvalue weighted by molar-refractivity contribution is 0.105. The highest BCUT2D eigenvalue weighted by molar-refractivity contribution is 14.0. The number of halogens is 1. The number of guanidine groups is 1. The van der Waals surface area contributed by atoms with Crippen molar-refractivity contribution in [3.8, 4) is 0 Å². The first-order valence-electron chi connectivity index (χ1n) is 9.49. The second-order valence-electron chi connectivity index (χ2n) is 6.61. The van der Waals surface area contributed by atoms with Crippen LogP contribution in [-0.4, -0.2) is 39.8 Å². The largest absolute Gasteiger partial charge is 0.467 e. The molecule has 6 nitrogen and oxygen atoms in total. The van der Waals surface area contributed by atoms with Crippen LogP contribution in [0.4, 0.5) is 5.69 Å². The van der Waals surface area contributed by atoms with Crippen LogP contribution < -0.4 is 15.5 Å². The second kappa shape index (κ2) is 13.4. The summed E-state index contributed by atoms with van der Waals surface area (Å²) in [6.07, 6.45) is 2.57. The molecule has 156 valence electrons. The number of nitrogens with zero attached hydrogens (tertiary/aromatic N) is 2. The van der Waals surface area contributed by atoms with Crippen LogP contribution in [0, 0.1) is 6.92 Å². The van der Waals surface area contributed by atoms with Gasteiger partial charge in [0, 0.05) is 39.5 Å². The summed E-state index contributed by atoms with van der Waals surface area (Å²) in [4.78, 5) is 6.81. The Morgan fingerprint density at radius 3 is 2.68 bits per heavy atom. The van der Waals surface area contributed by atoms with E-state index in [-0.39, 0.29) is 24.0 Å². The predicted octanol–water partition coefficient (Wildman–Crippen LogP) is 3.93. The first kappa shape index (κ1) is 24.3. The molecule has 1 aromatic carbocycles. The molecule has 0 fully saturated rings. The van der Waals surface area contributed by atoms with E-state index in [0.29, 0.717) is 19.8 Å². The number of hydrogen-bond acceptors (Lipinski definition) is 4. The quantitative estimate of drug-likeness (QED) is 0.224. The number of rotatable bonds is 10. The zero-order valence-corrected chi connectivity index (χ0v) is 19.7. The van der Waals surface area contributed by atoms with Crippen LogP contribution in [0.15, 0.2) is 46.0 Å². The Kier molecular flexibility index (Phi) is 11.7. The molecular formula is C21H33IN4O2. The van der Waals surface area contributed by atoms with Crippen molar-refractivity contribution in [2.75, 3.05) is 38.7 Å². The molecule has 0 saturated heterocycles. The predicted molar refractivity (Wildman–Crippen MR) is 127 cm³/mol. The van der Waals surface area contributed by atoms with Crippen LogP contribution in [0.1, 0.15) is 30.2 Å². The Bertz CT molecular complexity index is 702. The molecule has 2 N–H and O–H groups in total. The van der Waals surface area contributed by atoms with Crippen molar-refractivity contribution in [2.24, 2.45) is 4.99 Å². The number of ether oxygens (including phenoxy) is 1. The molecule has 0 amide bonds. The van der Waals surface area contributed by atoms with Gasteiger partial charge in [-0.15, -0.1) is 24.0 Å². The molecule has 0 aliphatic heterocycles. The highest BCUT2D eigenvalue weighted by Gasteiger charge is 2.03. The fourth-order valence-corrected chi connectivity index (χ4v) is 2.59. The molecule has 7 heteroatoms. The molecule has 0 aliphatic carbocycles. The van der Waals surface area contributed by atoms with Crippen LogP contribution in [0.25, 0.3) is 0 Å². The van der Waals surface area contributed by atoms with Gasteiger partial charge in [-0.1, -0.05) is 6.07 Å². The number of anilines is 1. The molecule has 2 rings (SSSR count). The zero-order valence-electron chi connectivity index (χ0n) is 17.3. The van der Waals surface area contributed by atoms with Crippen molar-refractivity contribution in [1.29, 1.82) is 0 Å². The molecule has 0 atom stereocenters. The van der Waals surface area contributed by atoms with Gasteiger partial charge in [-0.2, -0.15) is 0 Å². The Hall–Kier alpha value is -1.74. The van der Waals surface area contributed by atoms with Gasteiger partial charge < -0.3 is 24.7 Å². The molecule has 0 bridgehead atoms. The van der Waals surface area contributed by atoms with Crippen molar-refractivity contribution in [1.82, 2.24) is 10.6 Å². The van der Waals surface area contributed by atoms with Crippen molar-refractivity contribution in [3.05, 3.63) is 53.5 Å². The number of benzene rings is 1. The molecule has 1 aromatic heterocycles. The highest BCUT2D eigenvalue weighted by atomic mass is 127. The maximum atomic E-state index is 5.60. The first-order valence-corrected chi connectivity index (χ1v) is 9.49. The van der Waals surface area contributed by atoms with Crippen LogP contribution in [0.5, 0.6) is 0 Å². The summed E-state index contributed by atoms with van der Waals surface area (Å²) in [6, 6.07) is 10.3. The number of hydrogen-bond donors (Lipinski definition) is 2. The van der Waals surface area contributed by atoms with E-state index >= 15 is 0 Å². The molecule has 0 aliphatic rings. The standard InChI is InChI=1S/C21H32N4O2.HI/c1-5-22-21(23-11-7-12-26-16-20-8-6-13-27-20)24-15-18-9-10-19(25(3)4)14-17(18)2;/h6,8-10,13-14H,5,7,11-12,15-16H2,1-4H3,(H2,22,23,24);1H. The van der Waals surface area contributed by atoms with E-state index < -0.39 is 0 Å². The van der Waals surface area contributed by atoms with E-state index in [2.05, 4.69) is 61.7 Å². The van der Waals surface area contributed by atoms with Gasteiger partial charge in [-0.3, -0.25) is 0 Å². The fraction of sp³-hybridized carbons (Fsp3) is 0.476. The van der Waals surface area contributed by atoms with Gasteiger partial charge in [0.15, 0.2) is 5.96 Å². The molecule has 0 radical (unpaired) electrons. The lowest BCUT2D eigenvalue weighted by atomic mass is 10.1. The van der Waals surface area contributed by atoms with Crippen molar-refractivity contribution in [2.45, 2.75) is 33.4 Å². The van der Waals surface area contributed by atoms with Gasteiger partial charge in [0.1, 0.15) is 12.4 Å². The summed E-state index contributed by atoms with van der Waals surface area (Å²) in [5.41, 5.74) is 3.70. The van der Waals surface area contributed by atoms with Crippen LogP contribution in [0.2, 0.25) is 0 Å². The smallest absolute Gasteiger partial charge is 0.191 e. The van der Waals surface area contributed by atoms with E-state index in [1.165, 1.54) is 16.8 Å². The van der Waals surface area contributed by atoms with E-state index in [1.807, 2.05) is 12.1 Å². The summed E-state index contributed by atoms with van der Waals surface area (Å²) in [5, 5.41) is 6.65. The van der Waals surface area contributed by atoms with E-state index in [9.17, 15) is 0 Å². The molecule has 0 unspecified atom stereocenters. The van der Waals surface area contributed by atoms with Crippen LogP contribution >= 0.6 is 24.0 Å². The van der Waals surface area contributed by atoms with Crippen LogP contribution in [0.3, 0.4) is 0 Å². The van der Waals surface area contributed by atoms with Gasteiger partial charge in [0.2, 0.25) is 0 Å². The van der Waals surface area contributed by atoms with Crippen molar-refractivity contribution >= 4 is 35.6 Å². The number of aryl methyl sites for hydroxylation is 1. The van der Waals surface area contributed by atoms with Gasteiger partial charge in [-0.25, -0.2) is 4.99 Å². The third kappa shape index (κ3) is 8.52. The monoisotopic (exact) mass is 500 g/mol. The average molecular weight is 500 g/mol. The summed E-state index contributed by atoms with van der Waals surface area (Å²) in [6.45, 7) is 7.70. The average Bonchev–Trinajstić information content (AvgIpc) is 3.16. The fourth-order valence-electron chi connectivity index (χ4n) is 2.59. The molecule has 0 saturated carbocycles. The SMILES string of the molecule is CCNC(=NCc1ccc(N(C)C)cc1C)NCCCOCc1ccco1.I. The molecule has 1 heterocycles. The van der Waals surface area contributed by atoms with Gasteiger partial charge in [0.25, 0.3) is 0 Å². The lowest BCUT2D eigenvalue weighted by Crippen LogP contribution is -2.38. The third-order valence-corrected chi connectivity index (χ3v) is 4.18. The van der Waals surface area contributed by atoms with Crippen molar-refractivity contribution < 1.29 is 9.15 Å². The molecule has 0 spiro atoms. The third-order valence-electron chi connectivity index (χ3n) is 4.18. The molecule has 2 aromatic rings. The summed E-state index contributed by atoms with van der Waals surface area (Å²) >= 11 is 0. The van der Waals surface area contributed by atoms with Gasteiger partial charge in [-0.05, 0) is 55.7 Å². The number of aliphatic imine (C=N–C) groups is 1. The Morgan fingerprint density at radius 2 is 2.04 bits per heavy atom. The Labute approximate surface area is 185 Å². The topological polar surface area (TPSA) is 62.0 Å². The maximum Gasteiger partial charge on any atom is 0.191 e. The summed E-state index contributed by atoms with van der Waals surface area (Å²) < 4.78 is 10.8. The highest BCUT2D eigenvalue weighted by Crippen LogP contribution is 2.17.